The summed E-state index contributed by atoms with van der Waals surface area (Å²) in [5, 5.41) is 0.758. The first kappa shape index (κ1) is 10.5. The molecule has 0 saturated heterocycles. The number of esters is 1. The van der Waals surface area contributed by atoms with Crippen molar-refractivity contribution in [2.45, 2.75) is 18.8 Å². The van der Waals surface area contributed by atoms with E-state index in [1.165, 1.54) is 12.7 Å². The molecule has 0 amide bonds. The molecule has 0 aliphatic heterocycles. The minimum Gasteiger partial charge on any atom is -0.469 e. The molecule has 0 heterocycles. The van der Waals surface area contributed by atoms with E-state index in [2.05, 4.69) is 6.07 Å². The number of hydrogen-bond acceptors (Lipinski definition) is 2. The second kappa shape index (κ2) is 4.23. The van der Waals surface area contributed by atoms with E-state index in [1.54, 1.807) is 0 Å². The van der Waals surface area contributed by atoms with Crippen molar-refractivity contribution >= 4 is 17.6 Å². The van der Waals surface area contributed by atoms with Crippen molar-refractivity contribution < 1.29 is 9.53 Å². The quantitative estimate of drug-likeness (QED) is 0.722. The molecule has 0 unspecified atom stereocenters. The highest BCUT2D eigenvalue weighted by molar-refractivity contribution is 6.30. The van der Waals surface area contributed by atoms with E-state index in [0.29, 0.717) is 5.92 Å². The lowest BCUT2D eigenvalue weighted by atomic mass is 9.71. The first-order valence-electron chi connectivity index (χ1n) is 5.04. The van der Waals surface area contributed by atoms with Gasteiger partial charge in [-0.3, -0.25) is 4.79 Å². The molecule has 1 aliphatic rings. The molecule has 2 nitrogen and oxygen atoms in total. The predicted octanol–water partition coefficient (Wildman–Crippen LogP) is 3.01. The highest BCUT2D eigenvalue weighted by Crippen LogP contribution is 2.42. The summed E-state index contributed by atoms with van der Waals surface area (Å²) in [6, 6.07) is 7.84. The van der Waals surface area contributed by atoms with E-state index in [0.717, 1.165) is 17.9 Å². The Morgan fingerprint density at radius 3 is 2.80 bits per heavy atom. The lowest BCUT2D eigenvalue weighted by molar-refractivity contribution is -0.148. The number of benzene rings is 1. The van der Waals surface area contributed by atoms with Gasteiger partial charge in [-0.25, -0.2) is 0 Å². The summed E-state index contributed by atoms with van der Waals surface area (Å²) in [4.78, 5) is 11.2. The topological polar surface area (TPSA) is 26.3 Å². The molecule has 80 valence electrons. The molecule has 1 fully saturated rings. The number of halogens is 1. The van der Waals surface area contributed by atoms with E-state index < -0.39 is 0 Å². The van der Waals surface area contributed by atoms with Crippen LogP contribution in [-0.4, -0.2) is 13.1 Å². The maximum Gasteiger partial charge on any atom is 0.308 e. The average molecular weight is 225 g/mol. The number of hydrogen-bond donors (Lipinski definition) is 0. The third-order valence-corrected chi connectivity index (χ3v) is 3.23. The Morgan fingerprint density at radius 1 is 1.47 bits per heavy atom. The van der Waals surface area contributed by atoms with Crippen molar-refractivity contribution in [1.29, 1.82) is 0 Å². The number of carbonyl (C=O) groups excluding carboxylic acids is 1. The summed E-state index contributed by atoms with van der Waals surface area (Å²) in [6.07, 6.45) is 1.76. The second-order valence-electron chi connectivity index (χ2n) is 3.94. The molecule has 3 heteroatoms. The van der Waals surface area contributed by atoms with E-state index in [1.807, 2.05) is 18.2 Å². The van der Waals surface area contributed by atoms with Crippen LogP contribution in [0.25, 0.3) is 0 Å². The summed E-state index contributed by atoms with van der Waals surface area (Å²) >= 11 is 5.90. The summed E-state index contributed by atoms with van der Waals surface area (Å²) in [5.41, 5.74) is 1.22. The van der Waals surface area contributed by atoms with Crippen LogP contribution in [0, 0.1) is 5.92 Å². The molecule has 0 aromatic heterocycles. The van der Waals surface area contributed by atoms with Crippen molar-refractivity contribution in [2.75, 3.05) is 7.11 Å². The van der Waals surface area contributed by atoms with Gasteiger partial charge in [0.1, 0.15) is 0 Å². The van der Waals surface area contributed by atoms with Gasteiger partial charge in [-0.1, -0.05) is 23.7 Å². The van der Waals surface area contributed by atoms with Crippen LogP contribution in [0.3, 0.4) is 0 Å². The van der Waals surface area contributed by atoms with Gasteiger partial charge in [0, 0.05) is 5.02 Å². The van der Waals surface area contributed by atoms with Crippen LogP contribution in [0.4, 0.5) is 0 Å². The van der Waals surface area contributed by atoms with Crippen LogP contribution < -0.4 is 0 Å². The molecule has 2 rings (SSSR count). The van der Waals surface area contributed by atoms with Gasteiger partial charge in [0.05, 0.1) is 13.0 Å². The summed E-state index contributed by atoms with van der Waals surface area (Å²) in [7, 11) is 1.44. The fourth-order valence-electron chi connectivity index (χ4n) is 2.01. The van der Waals surface area contributed by atoms with Crippen LogP contribution in [0.1, 0.15) is 24.3 Å². The monoisotopic (exact) mass is 224 g/mol. The van der Waals surface area contributed by atoms with E-state index >= 15 is 0 Å². The Morgan fingerprint density at radius 2 is 2.20 bits per heavy atom. The fraction of sp³-hybridized carbons (Fsp3) is 0.417. The molecule has 1 saturated carbocycles. The Bertz CT molecular complexity index is 370. The van der Waals surface area contributed by atoms with Gasteiger partial charge in [0.25, 0.3) is 0 Å². The van der Waals surface area contributed by atoms with Crippen molar-refractivity contribution in [1.82, 2.24) is 0 Å². The fourth-order valence-corrected chi connectivity index (χ4v) is 2.21. The van der Waals surface area contributed by atoms with Crippen LogP contribution in [0.15, 0.2) is 24.3 Å². The Kier molecular flexibility index (Phi) is 2.96. The second-order valence-corrected chi connectivity index (χ2v) is 4.38. The summed E-state index contributed by atoms with van der Waals surface area (Å²) in [6.45, 7) is 0. The zero-order chi connectivity index (χ0) is 10.8. The number of rotatable bonds is 2. The lowest BCUT2D eigenvalue weighted by Gasteiger charge is -2.33. The van der Waals surface area contributed by atoms with Gasteiger partial charge < -0.3 is 4.74 Å². The number of carbonyl (C=O) groups is 1. The van der Waals surface area contributed by atoms with Crippen LogP contribution in [-0.2, 0) is 9.53 Å². The molecule has 15 heavy (non-hydrogen) atoms. The van der Waals surface area contributed by atoms with Crippen molar-refractivity contribution in [3.8, 4) is 0 Å². The lowest BCUT2D eigenvalue weighted by Crippen LogP contribution is -2.29. The number of ether oxygens (including phenoxy) is 1. The third kappa shape index (κ3) is 2.15. The largest absolute Gasteiger partial charge is 0.469 e. The Hall–Kier alpha value is -1.02. The maximum absolute atomic E-state index is 11.2. The summed E-state index contributed by atoms with van der Waals surface area (Å²) in [5.74, 6) is 0.458. The minimum atomic E-state index is -0.0896. The van der Waals surface area contributed by atoms with E-state index in [4.69, 9.17) is 16.3 Å². The molecule has 1 aromatic carbocycles. The van der Waals surface area contributed by atoms with Gasteiger partial charge >= 0.3 is 5.97 Å². The minimum absolute atomic E-state index is 0.0824. The first-order chi connectivity index (χ1) is 7.20. The van der Waals surface area contributed by atoms with E-state index in [-0.39, 0.29) is 11.9 Å². The highest BCUT2D eigenvalue weighted by Gasteiger charge is 2.35. The molecule has 0 bridgehead atoms. The SMILES string of the molecule is COC(=O)C1CC(c2cccc(Cl)c2)C1. The van der Waals surface area contributed by atoms with Gasteiger partial charge in [0.15, 0.2) is 0 Å². The smallest absolute Gasteiger partial charge is 0.308 e. The standard InChI is InChI=1S/C12H13ClO2/c1-15-12(14)10-5-9(6-10)8-3-2-4-11(13)7-8/h2-4,7,9-10H,5-6H2,1H3. The molecule has 0 atom stereocenters. The van der Waals surface area contributed by atoms with Crippen molar-refractivity contribution in [2.24, 2.45) is 5.92 Å². The maximum atomic E-state index is 11.2. The third-order valence-electron chi connectivity index (χ3n) is 2.99. The number of methoxy groups -OCH3 is 1. The van der Waals surface area contributed by atoms with Crippen LogP contribution >= 0.6 is 11.6 Å². The molecule has 0 radical (unpaired) electrons. The van der Waals surface area contributed by atoms with Crippen LogP contribution in [0.2, 0.25) is 5.02 Å². The molecular weight excluding hydrogens is 212 g/mol. The predicted molar refractivity (Wildman–Crippen MR) is 58.9 cm³/mol. The van der Waals surface area contributed by atoms with E-state index in [9.17, 15) is 4.79 Å². The molecule has 0 spiro atoms. The van der Waals surface area contributed by atoms with Crippen LogP contribution in [0.5, 0.6) is 0 Å². The molecule has 1 aromatic rings. The highest BCUT2D eigenvalue weighted by atomic mass is 35.5. The Labute approximate surface area is 94.2 Å². The normalized spacial score (nSPS) is 24.4. The van der Waals surface area contributed by atoms with Crippen molar-refractivity contribution in [3.63, 3.8) is 0 Å². The van der Waals surface area contributed by atoms with Gasteiger partial charge in [0.2, 0.25) is 0 Å². The van der Waals surface area contributed by atoms with Gasteiger partial charge in [-0.05, 0) is 36.5 Å². The zero-order valence-corrected chi connectivity index (χ0v) is 9.33. The summed E-state index contributed by atoms with van der Waals surface area (Å²) < 4.78 is 4.70. The molecular formula is C12H13ClO2. The average Bonchev–Trinajstić information content (AvgIpc) is 2.15. The van der Waals surface area contributed by atoms with Gasteiger partial charge in [-0.2, -0.15) is 0 Å². The van der Waals surface area contributed by atoms with Gasteiger partial charge in [-0.15, -0.1) is 0 Å². The zero-order valence-electron chi connectivity index (χ0n) is 8.57. The molecule has 1 aliphatic carbocycles. The molecule has 0 N–H and O–H groups in total. The Balaban J connectivity index is 1.97. The van der Waals surface area contributed by atoms with Crippen molar-refractivity contribution in [3.05, 3.63) is 34.9 Å². The first-order valence-corrected chi connectivity index (χ1v) is 5.42.